The Kier molecular flexibility index (Phi) is 4.54. The van der Waals surface area contributed by atoms with Gasteiger partial charge in [-0.3, -0.25) is 0 Å². The van der Waals surface area contributed by atoms with Gasteiger partial charge in [0.1, 0.15) is 5.69 Å². The van der Waals surface area contributed by atoms with Crippen LogP contribution in [0.4, 0.5) is 0 Å². The van der Waals surface area contributed by atoms with E-state index < -0.39 is 0 Å². The molecule has 1 aliphatic carbocycles. The molecule has 0 unspecified atom stereocenters. The first-order valence-electron chi connectivity index (χ1n) is 9.53. The largest absolute Gasteiger partial charge is 0.250 e. The Bertz CT molecular complexity index is 960. The Morgan fingerprint density at radius 2 is 1.65 bits per heavy atom. The lowest BCUT2D eigenvalue weighted by Gasteiger charge is -2.15. The van der Waals surface area contributed by atoms with Crippen LogP contribution in [0.2, 0.25) is 0 Å². The molecule has 2 heterocycles. The molecule has 0 spiro atoms. The van der Waals surface area contributed by atoms with Gasteiger partial charge in [-0.25, -0.2) is 15.0 Å². The van der Waals surface area contributed by atoms with E-state index in [1.54, 1.807) is 0 Å². The van der Waals surface area contributed by atoms with Crippen LogP contribution in [0, 0.1) is 20.8 Å². The maximum absolute atomic E-state index is 5.03. The Balaban J connectivity index is 1.95. The van der Waals surface area contributed by atoms with Gasteiger partial charge in [-0.05, 0) is 64.2 Å². The predicted octanol–water partition coefficient (Wildman–Crippen LogP) is 5.40. The van der Waals surface area contributed by atoms with Crippen LogP contribution < -0.4 is 0 Å². The zero-order valence-corrected chi connectivity index (χ0v) is 15.8. The van der Waals surface area contributed by atoms with Gasteiger partial charge in [-0.2, -0.15) is 0 Å². The number of pyridine rings is 1. The molecule has 2 aromatic heterocycles. The summed E-state index contributed by atoms with van der Waals surface area (Å²) in [5.41, 5.74) is 9.30. The molecule has 0 radical (unpaired) electrons. The smallest absolute Gasteiger partial charge is 0.178 e. The van der Waals surface area contributed by atoms with Crippen LogP contribution in [0.1, 0.15) is 47.3 Å². The third kappa shape index (κ3) is 3.26. The van der Waals surface area contributed by atoms with Crippen molar-refractivity contribution in [3.63, 3.8) is 0 Å². The molecule has 0 amide bonds. The van der Waals surface area contributed by atoms with Gasteiger partial charge < -0.3 is 0 Å². The molecule has 3 aromatic rings. The molecule has 132 valence electrons. The Labute approximate surface area is 155 Å². The SMILES string of the molecule is Cc1ccc(-c2nc(-c3cccc(C)n3)nc3c2CCCCC3)c(C)c1. The zero-order valence-electron chi connectivity index (χ0n) is 15.8. The van der Waals surface area contributed by atoms with Gasteiger partial charge in [0.25, 0.3) is 0 Å². The fraction of sp³-hybridized carbons (Fsp3) is 0.348. The summed E-state index contributed by atoms with van der Waals surface area (Å²) < 4.78 is 0. The average Bonchev–Trinajstić information content (AvgIpc) is 2.86. The van der Waals surface area contributed by atoms with Crippen molar-refractivity contribution in [3.05, 3.63) is 64.5 Å². The highest BCUT2D eigenvalue weighted by Gasteiger charge is 2.20. The minimum Gasteiger partial charge on any atom is -0.250 e. The molecule has 26 heavy (non-hydrogen) atoms. The molecule has 1 aliphatic rings. The minimum absolute atomic E-state index is 0.754. The van der Waals surface area contributed by atoms with Crippen LogP contribution in [-0.4, -0.2) is 15.0 Å². The number of hydrogen-bond acceptors (Lipinski definition) is 3. The van der Waals surface area contributed by atoms with E-state index in [4.69, 9.17) is 9.97 Å². The second-order valence-corrected chi connectivity index (χ2v) is 7.36. The summed E-state index contributed by atoms with van der Waals surface area (Å²) in [4.78, 5) is 14.6. The number of hydrogen-bond donors (Lipinski definition) is 0. The molecule has 3 heteroatoms. The summed E-state index contributed by atoms with van der Waals surface area (Å²) in [6.45, 7) is 6.33. The molecule has 1 aromatic carbocycles. The summed E-state index contributed by atoms with van der Waals surface area (Å²) in [6, 6.07) is 12.7. The predicted molar refractivity (Wildman–Crippen MR) is 106 cm³/mol. The Morgan fingerprint density at radius 1 is 0.808 bits per heavy atom. The van der Waals surface area contributed by atoms with E-state index in [-0.39, 0.29) is 0 Å². The van der Waals surface area contributed by atoms with Crippen molar-refractivity contribution in [3.8, 4) is 22.8 Å². The molecule has 3 nitrogen and oxygen atoms in total. The van der Waals surface area contributed by atoms with Crippen LogP contribution >= 0.6 is 0 Å². The highest BCUT2D eigenvalue weighted by atomic mass is 14.9. The number of nitrogens with zero attached hydrogens (tertiary/aromatic N) is 3. The third-order valence-electron chi connectivity index (χ3n) is 5.19. The molecule has 0 bridgehead atoms. The molecule has 4 rings (SSSR count). The molecule has 0 fully saturated rings. The summed E-state index contributed by atoms with van der Waals surface area (Å²) in [7, 11) is 0. The van der Waals surface area contributed by atoms with E-state index >= 15 is 0 Å². The number of fused-ring (bicyclic) bond motifs is 1. The fourth-order valence-electron chi connectivity index (χ4n) is 3.86. The van der Waals surface area contributed by atoms with E-state index in [9.17, 15) is 0 Å². The molecular weight excluding hydrogens is 318 g/mol. The van der Waals surface area contributed by atoms with Gasteiger partial charge in [-0.15, -0.1) is 0 Å². The summed E-state index contributed by atoms with van der Waals surface area (Å²) in [5, 5.41) is 0. The molecule has 0 N–H and O–H groups in total. The van der Waals surface area contributed by atoms with Gasteiger partial charge in [0.15, 0.2) is 5.82 Å². The van der Waals surface area contributed by atoms with Crippen molar-refractivity contribution >= 4 is 0 Å². The lowest BCUT2D eigenvalue weighted by atomic mass is 9.96. The lowest BCUT2D eigenvalue weighted by Crippen LogP contribution is -2.06. The van der Waals surface area contributed by atoms with Crippen molar-refractivity contribution in [2.24, 2.45) is 0 Å². The lowest BCUT2D eigenvalue weighted by molar-refractivity contribution is 0.709. The Hall–Kier alpha value is -2.55. The van der Waals surface area contributed by atoms with E-state index in [2.05, 4.69) is 37.0 Å². The quantitative estimate of drug-likeness (QED) is 0.585. The van der Waals surface area contributed by atoms with E-state index in [1.165, 1.54) is 47.2 Å². The second kappa shape index (κ2) is 6.99. The first-order valence-corrected chi connectivity index (χ1v) is 9.53. The highest BCUT2D eigenvalue weighted by molar-refractivity contribution is 5.70. The first kappa shape index (κ1) is 16.9. The van der Waals surface area contributed by atoms with Crippen molar-refractivity contribution in [1.29, 1.82) is 0 Å². The van der Waals surface area contributed by atoms with Crippen LogP contribution in [0.5, 0.6) is 0 Å². The number of benzene rings is 1. The summed E-state index contributed by atoms with van der Waals surface area (Å²) in [5.74, 6) is 0.754. The van der Waals surface area contributed by atoms with Crippen molar-refractivity contribution in [2.45, 2.75) is 52.9 Å². The average molecular weight is 343 g/mol. The van der Waals surface area contributed by atoms with Gasteiger partial charge >= 0.3 is 0 Å². The van der Waals surface area contributed by atoms with Crippen LogP contribution in [0.25, 0.3) is 22.8 Å². The number of aryl methyl sites for hydroxylation is 4. The zero-order chi connectivity index (χ0) is 18.1. The summed E-state index contributed by atoms with van der Waals surface area (Å²) >= 11 is 0. The topological polar surface area (TPSA) is 38.7 Å². The van der Waals surface area contributed by atoms with Crippen LogP contribution in [0.15, 0.2) is 36.4 Å². The van der Waals surface area contributed by atoms with Crippen LogP contribution in [-0.2, 0) is 12.8 Å². The van der Waals surface area contributed by atoms with Gasteiger partial charge in [0.05, 0.1) is 5.69 Å². The molecule has 0 saturated carbocycles. The number of aromatic nitrogens is 3. The molecule has 0 aliphatic heterocycles. The monoisotopic (exact) mass is 343 g/mol. The van der Waals surface area contributed by atoms with Gasteiger partial charge in [0.2, 0.25) is 0 Å². The fourth-order valence-corrected chi connectivity index (χ4v) is 3.86. The van der Waals surface area contributed by atoms with Crippen molar-refractivity contribution in [1.82, 2.24) is 15.0 Å². The minimum atomic E-state index is 0.754. The first-order chi connectivity index (χ1) is 12.6. The Morgan fingerprint density at radius 3 is 2.46 bits per heavy atom. The van der Waals surface area contributed by atoms with Crippen LogP contribution in [0.3, 0.4) is 0 Å². The van der Waals surface area contributed by atoms with Gasteiger partial charge in [-0.1, -0.05) is 36.2 Å². The maximum atomic E-state index is 5.03. The standard InChI is InChI=1S/C23H25N3/c1-15-12-13-18(16(2)14-15)22-19-9-5-4-6-10-20(19)25-23(26-22)21-11-7-8-17(3)24-21/h7-8,11-14H,4-6,9-10H2,1-3H3. The van der Waals surface area contributed by atoms with Crippen molar-refractivity contribution < 1.29 is 0 Å². The van der Waals surface area contributed by atoms with Gasteiger partial charge in [0, 0.05) is 22.5 Å². The molecule has 0 saturated heterocycles. The molecule has 0 atom stereocenters. The second-order valence-electron chi connectivity index (χ2n) is 7.36. The highest BCUT2D eigenvalue weighted by Crippen LogP contribution is 2.32. The normalized spacial score (nSPS) is 14.0. The molecular formula is C23H25N3. The maximum Gasteiger partial charge on any atom is 0.178 e. The van der Waals surface area contributed by atoms with E-state index in [0.29, 0.717) is 0 Å². The van der Waals surface area contributed by atoms with Crippen molar-refractivity contribution in [2.75, 3.05) is 0 Å². The summed E-state index contributed by atoms with van der Waals surface area (Å²) in [6.07, 6.45) is 5.79. The third-order valence-corrected chi connectivity index (χ3v) is 5.19. The van der Waals surface area contributed by atoms with E-state index in [0.717, 1.165) is 35.7 Å². The van der Waals surface area contributed by atoms with E-state index in [1.807, 2.05) is 25.1 Å². The number of rotatable bonds is 2.